The van der Waals surface area contributed by atoms with Crippen LogP contribution in [0.15, 0.2) is 18.2 Å². The Morgan fingerprint density at radius 2 is 2.44 bits per heavy atom. The second-order valence-corrected chi connectivity index (χ2v) is 4.49. The van der Waals surface area contributed by atoms with Gasteiger partial charge in [-0.2, -0.15) is 5.26 Å². The smallest absolute Gasteiger partial charge is 0.251 e. The summed E-state index contributed by atoms with van der Waals surface area (Å²) in [5, 5.41) is 14.8. The van der Waals surface area contributed by atoms with Crippen molar-refractivity contribution in [2.24, 2.45) is 0 Å². The largest absolute Gasteiger partial charge is 0.384 e. The summed E-state index contributed by atoms with van der Waals surface area (Å²) in [6.45, 7) is 2.90. The molecule has 1 atom stereocenters. The van der Waals surface area contributed by atoms with Gasteiger partial charge in [-0.05, 0) is 36.6 Å². The van der Waals surface area contributed by atoms with Crippen LogP contribution in [0.4, 0.5) is 5.69 Å². The molecule has 0 spiro atoms. The minimum Gasteiger partial charge on any atom is -0.384 e. The lowest BCUT2D eigenvalue weighted by Crippen LogP contribution is -2.34. The number of anilines is 1. The van der Waals surface area contributed by atoms with Gasteiger partial charge in [0.1, 0.15) is 0 Å². The topological polar surface area (TPSA) is 64.9 Å². The number of nitrogens with zero attached hydrogens (tertiary/aromatic N) is 1. The molecule has 4 heteroatoms. The van der Waals surface area contributed by atoms with Gasteiger partial charge in [-0.3, -0.25) is 4.79 Å². The van der Waals surface area contributed by atoms with Crippen molar-refractivity contribution < 1.29 is 4.79 Å². The fraction of sp³-hybridized carbons (Fsp3) is 0.429. The number of carbonyl (C=O) groups is 1. The van der Waals surface area contributed by atoms with E-state index in [4.69, 9.17) is 5.26 Å². The Kier molecular flexibility index (Phi) is 3.83. The molecule has 18 heavy (non-hydrogen) atoms. The van der Waals surface area contributed by atoms with Crippen LogP contribution in [0.5, 0.6) is 0 Å². The van der Waals surface area contributed by atoms with Crippen molar-refractivity contribution in [3.05, 3.63) is 29.3 Å². The summed E-state index contributed by atoms with van der Waals surface area (Å²) >= 11 is 0. The van der Waals surface area contributed by atoms with Crippen molar-refractivity contribution >= 4 is 11.6 Å². The van der Waals surface area contributed by atoms with Crippen molar-refractivity contribution in [1.82, 2.24) is 5.32 Å². The molecule has 94 valence electrons. The molecule has 0 saturated carbocycles. The summed E-state index contributed by atoms with van der Waals surface area (Å²) in [7, 11) is 0. The molecule has 0 aliphatic carbocycles. The van der Waals surface area contributed by atoms with E-state index in [1.54, 1.807) is 0 Å². The summed E-state index contributed by atoms with van der Waals surface area (Å²) in [6.07, 6.45) is 2.09. The first-order valence-electron chi connectivity index (χ1n) is 6.29. The maximum atomic E-state index is 12.0. The van der Waals surface area contributed by atoms with Crippen LogP contribution in [0, 0.1) is 11.3 Å². The summed E-state index contributed by atoms with van der Waals surface area (Å²) in [5.41, 5.74) is 2.99. The molecule has 0 fully saturated rings. The van der Waals surface area contributed by atoms with Gasteiger partial charge >= 0.3 is 0 Å². The molecule has 2 rings (SSSR count). The van der Waals surface area contributed by atoms with Crippen LogP contribution in [0.2, 0.25) is 0 Å². The van der Waals surface area contributed by atoms with Gasteiger partial charge in [0.25, 0.3) is 5.91 Å². The van der Waals surface area contributed by atoms with E-state index in [1.807, 2.05) is 25.1 Å². The number of amides is 1. The standard InChI is InChI=1S/C14H17N3O/c1-2-12(5-7-15)17-14(18)11-3-4-13-10(9-11)6-8-16-13/h3-4,9,12,16H,2,5-6,8H2,1H3,(H,17,18). The second-order valence-electron chi connectivity index (χ2n) is 4.49. The lowest BCUT2D eigenvalue weighted by atomic mass is 10.1. The molecular weight excluding hydrogens is 226 g/mol. The molecule has 1 heterocycles. The molecule has 2 N–H and O–H groups in total. The maximum absolute atomic E-state index is 12.0. The normalized spacial score (nSPS) is 14.2. The molecule has 0 radical (unpaired) electrons. The van der Waals surface area contributed by atoms with E-state index in [-0.39, 0.29) is 11.9 Å². The highest BCUT2D eigenvalue weighted by molar-refractivity contribution is 5.95. The van der Waals surface area contributed by atoms with E-state index in [9.17, 15) is 4.79 Å². The second kappa shape index (κ2) is 5.54. The predicted octanol–water partition coefficient (Wildman–Crippen LogP) is 2.08. The fourth-order valence-corrected chi connectivity index (χ4v) is 2.12. The Morgan fingerprint density at radius 3 is 3.17 bits per heavy atom. The average molecular weight is 243 g/mol. The van der Waals surface area contributed by atoms with Crippen molar-refractivity contribution in [2.45, 2.75) is 32.2 Å². The van der Waals surface area contributed by atoms with Crippen molar-refractivity contribution in [2.75, 3.05) is 11.9 Å². The molecule has 1 aromatic carbocycles. The Balaban J connectivity index is 2.07. The summed E-state index contributed by atoms with van der Waals surface area (Å²) in [6, 6.07) is 7.74. The van der Waals surface area contributed by atoms with Crippen LogP contribution >= 0.6 is 0 Å². The van der Waals surface area contributed by atoms with Gasteiger partial charge < -0.3 is 10.6 Å². The van der Waals surface area contributed by atoms with E-state index >= 15 is 0 Å². The number of rotatable bonds is 4. The SMILES string of the molecule is CCC(CC#N)NC(=O)c1ccc2c(c1)CCN2. The highest BCUT2D eigenvalue weighted by Gasteiger charge is 2.15. The maximum Gasteiger partial charge on any atom is 0.251 e. The summed E-state index contributed by atoms with van der Waals surface area (Å²) < 4.78 is 0. The number of hydrogen-bond acceptors (Lipinski definition) is 3. The Bertz CT molecular complexity index is 490. The van der Waals surface area contributed by atoms with Crippen LogP contribution in [0.1, 0.15) is 35.7 Å². The third-order valence-corrected chi connectivity index (χ3v) is 3.24. The zero-order valence-electron chi connectivity index (χ0n) is 10.5. The molecule has 4 nitrogen and oxygen atoms in total. The zero-order chi connectivity index (χ0) is 13.0. The van der Waals surface area contributed by atoms with Gasteiger partial charge in [0.05, 0.1) is 12.5 Å². The highest BCUT2D eigenvalue weighted by atomic mass is 16.1. The molecule has 1 aliphatic heterocycles. The molecule has 1 unspecified atom stereocenters. The van der Waals surface area contributed by atoms with Crippen LogP contribution in [-0.2, 0) is 6.42 Å². The first-order valence-corrected chi connectivity index (χ1v) is 6.29. The summed E-state index contributed by atoms with van der Waals surface area (Å²) in [4.78, 5) is 12.0. The highest BCUT2D eigenvalue weighted by Crippen LogP contribution is 2.23. The van der Waals surface area contributed by atoms with E-state index in [2.05, 4.69) is 16.7 Å². The first kappa shape index (κ1) is 12.4. The zero-order valence-corrected chi connectivity index (χ0v) is 10.5. The van der Waals surface area contributed by atoms with Gasteiger partial charge in [-0.1, -0.05) is 6.92 Å². The number of fused-ring (bicyclic) bond motifs is 1. The third-order valence-electron chi connectivity index (χ3n) is 3.24. The van der Waals surface area contributed by atoms with Gasteiger partial charge in [-0.25, -0.2) is 0 Å². The minimum absolute atomic E-state index is 0.0612. The number of carbonyl (C=O) groups excluding carboxylic acids is 1. The quantitative estimate of drug-likeness (QED) is 0.851. The van der Waals surface area contributed by atoms with Crippen LogP contribution < -0.4 is 10.6 Å². The Hall–Kier alpha value is -2.02. The fourth-order valence-electron chi connectivity index (χ4n) is 2.12. The summed E-state index contributed by atoms with van der Waals surface area (Å²) in [5.74, 6) is -0.0909. The van der Waals surface area contributed by atoms with Crippen LogP contribution in [0.25, 0.3) is 0 Å². The average Bonchev–Trinajstić information content (AvgIpc) is 2.85. The van der Waals surface area contributed by atoms with Crippen molar-refractivity contribution in [1.29, 1.82) is 5.26 Å². The molecule has 0 aromatic heterocycles. The first-order chi connectivity index (χ1) is 8.74. The monoisotopic (exact) mass is 243 g/mol. The minimum atomic E-state index is -0.0909. The van der Waals surface area contributed by atoms with Gasteiger partial charge in [0.2, 0.25) is 0 Å². The molecule has 1 amide bonds. The van der Waals surface area contributed by atoms with E-state index < -0.39 is 0 Å². The van der Waals surface area contributed by atoms with Crippen molar-refractivity contribution in [3.63, 3.8) is 0 Å². The Labute approximate surface area is 107 Å². The molecule has 0 saturated heterocycles. The number of benzene rings is 1. The van der Waals surface area contributed by atoms with E-state index in [0.29, 0.717) is 12.0 Å². The van der Waals surface area contributed by atoms with Crippen LogP contribution in [0.3, 0.4) is 0 Å². The Morgan fingerprint density at radius 1 is 1.61 bits per heavy atom. The molecule has 1 aromatic rings. The van der Waals surface area contributed by atoms with Gasteiger partial charge in [0, 0.05) is 23.8 Å². The predicted molar refractivity (Wildman–Crippen MR) is 70.4 cm³/mol. The third kappa shape index (κ3) is 2.62. The number of hydrogen-bond donors (Lipinski definition) is 2. The lowest BCUT2D eigenvalue weighted by molar-refractivity contribution is 0.0936. The molecular formula is C14H17N3O. The van der Waals surface area contributed by atoms with E-state index in [1.165, 1.54) is 5.56 Å². The van der Waals surface area contributed by atoms with Crippen molar-refractivity contribution in [3.8, 4) is 6.07 Å². The van der Waals surface area contributed by atoms with Gasteiger partial charge in [0.15, 0.2) is 0 Å². The van der Waals surface area contributed by atoms with E-state index in [0.717, 1.165) is 25.1 Å². The molecule has 0 bridgehead atoms. The van der Waals surface area contributed by atoms with Gasteiger partial charge in [-0.15, -0.1) is 0 Å². The van der Waals surface area contributed by atoms with Crippen LogP contribution in [-0.4, -0.2) is 18.5 Å². The molecule has 1 aliphatic rings. The lowest BCUT2D eigenvalue weighted by Gasteiger charge is -2.14. The number of nitrogens with one attached hydrogen (secondary N) is 2. The number of nitriles is 1.